The molecule has 112 valence electrons. The summed E-state index contributed by atoms with van der Waals surface area (Å²) in [6.07, 6.45) is 3.41. The lowest BCUT2D eigenvalue weighted by Gasteiger charge is -2.28. The number of benzene rings is 1. The van der Waals surface area contributed by atoms with E-state index in [2.05, 4.69) is 26.1 Å². The zero-order valence-corrected chi connectivity index (χ0v) is 13.5. The zero-order chi connectivity index (χ0) is 15.1. The van der Waals surface area contributed by atoms with Crippen molar-refractivity contribution in [2.75, 3.05) is 18.9 Å². The van der Waals surface area contributed by atoms with Gasteiger partial charge >= 0.3 is 0 Å². The molecule has 0 aliphatic heterocycles. The summed E-state index contributed by atoms with van der Waals surface area (Å²) >= 11 is 0. The molecule has 1 rings (SSSR count). The Labute approximate surface area is 123 Å². The third-order valence-electron chi connectivity index (χ3n) is 3.56. The molecule has 0 aliphatic rings. The Hall–Kier alpha value is -1.51. The van der Waals surface area contributed by atoms with E-state index < -0.39 is 0 Å². The van der Waals surface area contributed by atoms with Crippen molar-refractivity contribution in [2.24, 2.45) is 0 Å². The Bertz CT molecular complexity index is 441. The summed E-state index contributed by atoms with van der Waals surface area (Å²) in [4.78, 5) is 14.8. The summed E-state index contributed by atoms with van der Waals surface area (Å²) in [7, 11) is 1.86. The van der Waals surface area contributed by atoms with Crippen LogP contribution in [0.25, 0.3) is 0 Å². The van der Waals surface area contributed by atoms with Gasteiger partial charge in [-0.15, -0.1) is 0 Å². The second-order valence-corrected chi connectivity index (χ2v) is 5.60. The minimum Gasteiger partial charge on any atom is -0.387 e. The standard InChI is InChI=1S/C17H28N2O/c1-6-7-8-11-19(13(2)3)17(20)15-12-14(4)9-10-16(15)18-5/h9-10,12-13,18H,6-8,11H2,1-5H3. The molecule has 1 aromatic rings. The Morgan fingerprint density at radius 3 is 2.55 bits per heavy atom. The number of unbranched alkanes of at least 4 members (excludes halogenated alkanes) is 2. The molecule has 0 fully saturated rings. The van der Waals surface area contributed by atoms with Crippen LogP contribution in [0.1, 0.15) is 56.0 Å². The lowest BCUT2D eigenvalue weighted by Crippen LogP contribution is -2.38. The smallest absolute Gasteiger partial charge is 0.256 e. The fraction of sp³-hybridized carbons (Fsp3) is 0.588. The normalized spacial score (nSPS) is 10.7. The average molecular weight is 276 g/mol. The summed E-state index contributed by atoms with van der Waals surface area (Å²) in [5.74, 6) is 0.129. The average Bonchev–Trinajstić information content (AvgIpc) is 2.42. The second kappa shape index (κ2) is 7.93. The van der Waals surface area contributed by atoms with Crippen LogP contribution in [-0.2, 0) is 0 Å². The van der Waals surface area contributed by atoms with E-state index >= 15 is 0 Å². The van der Waals surface area contributed by atoms with Gasteiger partial charge < -0.3 is 10.2 Å². The van der Waals surface area contributed by atoms with E-state index in [9.17, 15) is 4.79 Å². The van der Waals surface area contributed by atoms with Gasteiger partial charge in [-0.2, -0.15) is 0 Å². The molecular formula is C17H28N2O. The number of aryl methyl sites for hydroxylation is 1. The number of nitrogens with one attached hydrogen (secondary N) is 1. The first kappa shape index (κ1) is 16.5. The van der Waals surface area contributed by atoms with Crippen LogP contribution in [0, 0.1) is 6.92 Å². The van der Waals surface area contributed by atoms with Gasteiger partial charge in [-0.05, 0) is 39.3 Å². The number of hydrogen-bond acceptors (Lipinski definition) is 2. The molecule has 1 N–H and O–H groups in total. The first-order valence-corrected chi connectivity index (χ1v) is 7.60. The molecular weight excluding hydrogens is 248 g/mol. The van der Waals surface area contributed by atoms with Crippen LogP contribution >= 0.6 is 0 Å². The van der Waals surface area contributed by atoms with Gasteiger partial charge in [-0.25, -0.2) is 0 Å². The van der Waals surface area contributed by atoms with Crippen molar-refractivity contribution in [1.29, 1.82) is 0 Å². The highest BCUT2D eigenvalue weighted by Gasteiger charge is 2.20. The minimum absolute atomic E-state index is 0.129. The summed E-state index contributed by atoms with van der Waals surface area (Å²) in [6, 6.07) is 6.21. The molecule has 0 saturated heterocycles. The predicted molar refractivity (Wildman–Crippen MR) is 86.4 cm³/mol. The molecule has 0 heterocycles. The van der Waals surface area contributed by atoms with Crippen LogP contribution in [0.5, 0.6) is 0 Å². The lowest BCUT2D eigenvalue weighted by molar-refractivity contribution is 0.0703. The number of anilines is 1. The Balaban J connectivity index is 2.96. The molecule has 3 heteroatoms. The molecule has 0 aromatic heterocycles. The Kier molecular flexibility index (Phi) is 6.56. The van der Waals surface area contributed by atoms with Crippen molar-refractivity contribution >= 4 is 11.6 Å². The molecule has 0 spiro atoms. The highest BCUT2D eigenvalue weighted by atomic mass is 16.2. The molecule has 3 nitrogen and oxygen atoms in total. The molecule has 20 heavy (non-hydrogen) atoms. The summed E-state index contributed by atoms with van der Waals surface area (Å²) in [5.41, 5.74) is 2.80. The van der Waals surface area contributed by atoms with Crippen LogP contribution in [0.4, 0.5) is 5.69 Å². The number of carbonyl (C=O) groups is 1. The lowest BCUT2D eigenvalue weighted by atomic mass is 10.1. The van der Waals surface area contributed by atoms with E-state index in [1.165, 1.54) is 12.8 Å². The van der Waals surface area contributed by atoms with E-state index in [0.29, 0.717) is 0 Å². The van der Waals surface area contributed by atoms with Crippen molar-refractivity contribution in [3.05, 3.63) is 29.3 Å². The van der Waals surface area contributed by atoms with Crippen molar-refractivity contribution in [2.45, 2.75) is 53.0 Å². The van der Waals surface area contributed by atoms with Gasteiger partial charge in [0.1, 0.15) is 0 Å². The van der Waals surface area contributed by atoms with Crippen LogP contribution < -0.4 is 5.32 Å². The second-order valence-electron chi connectivity index (χ2n) is 5.60. The summed E-state index contributed by atoms with van der Waals surface area (Å²) in [6.45, 7) is 9.20. The third kappa shape index (κ3) is 4.26. The van der Waals surface area contributed by atoms with E-state index in [-0.39, 0.29) is 11.9 Å². The third-order valence-corrected chi connectivity index (χ3v) is 3.56. The Morgan fingerprint density at radius 2 is 2.00 bits per heavy atom. The number of amides is 1. The molecule has 0 saturated carbocycles. The van der Waals surface area contributed by atoms with Gasteiger partial charge in [-0.1, -0.05) is 31.4 Å². The maximum atomic E-state index is 12.8. The van der Waals surface area contributed by atoms with Crippen molar-refractivity contribution in [3.63, 3.8) is 0 Å². The van der Waals surface area contributed by atoms with Gasteiger partial charge in [0.2, 0.25) is 0 Å². The highest BCUT2D eigenvalue weighted by Crippen LogP contribution is 2.20. The zero-order valence-electron chi connectivity index (χ0n) is 13.5. The minimum atomic E-state index is 0.129. The van der Waals surface area contributed by atoms with E-state index in [1.807, 2.05) is 37.1 Å². The number of hydrogen-bond donors (Lipinski definition) is 1. The summed E-state index contributed by atoms with van der Waals surface area (Å²) in [5, 5.41) is 3.12. The maximum absolute atomic E-state index is 12.8. The maximum Gasteiger partial charge on any atom is 0.256 e. The molecule has 0 unspecified atom stereocenters. The number of nitrogens with zero attached hydrogens (tertiary/aromatic N) is 1. The number of rotatable bonds is 7. The van der Waals surface area contributed by atoms with Gasteiger partial charge in [0.25, 0.3) is 5.91 Å². The van der Waals surface area contributed by atoms with Crippen LogP contribution in [-0.4, -0.2) is 30.4 Å². The highest BCUT2D eigenvalue weighted by molar-refractivity contribution is 6.00. The van der Waals surface area contributed by atoms with Gasteiger partial charge in [0.05, 0.1) is 5.56 Å². The van der Waals surface area contributed by atoms with Gasteiger partial charge in [0.15, 0.2) is 0 Å². The first-order chi connectivity index (χ1) is 9.51. The van der Waals surface area contributed by atoms with Crippen molar-refractivity contribution < 1.29 is 4.79 Å². The van der Waals surface area contributed by atoms with E-state index in [1.54, 1.807) is 0 Å². The van der Waals surface area contributed by atoms with Crippen LogP contribution in [0.2, 0.25) is 0 Å². The number of carbonyl (C=O) groups excluding carboxylic acids is 1. The fourth-order valence-electron chi connectivity index (χ4n) is 2.33. The Morgan fingerprint density at radius 1 is 1.30 bits per heavy atom. The quantitative estimate of drug-likeness (QED) is 0.761. The SMILES string of the molecule is CCCCCN(C(=O)c1cc(C)ccc1NC)C(C)C. The van der Waals surface area contributed by atoms with Gasteiger partial charge in [0, 0.05) is 25.3 Å². The van der Waals surface area contributed by atoms with E-state index in [0.717, 1.165) is 29.8 Å². The molecule has 0 aliphatic carbocycles. The molecule has 1 amide bonds. The predicted octanol–water partition coefficient (Wildman–Crippen LogP) is 4.08. The molecule has 1 aromatic carbocycles. The first-order valence-electron chi connectivity index (χ1n) is 7.60. The molecule has 0 radical (unpaired) electrons. The molecule has 0 atom stereocenters. The van der Waals surface area contributed by atoms with Crippen molar-refractivity contribution in [1.82, 2.24) is 4.90 Å². The van der Waals surface area contributed by atoms with Gasteiger partial charge in [-0.3, -0.25) is 4.79 Å². The van der Waals surface area contributed by atoms with Crippen LogP contribution in [0.15, 0.2) is 18.2 Å². The fourth-order valence-corrected chi connectivity index (χ4v) is 2.33. The molecule has 0 bridgehead atoms. The van der Waals surface area contributed by atoms with E-state index in [4.69, 9.17) is 0 Å². The monoisotopic (exact) mass is 276 g/mol. The van der Waals surface area contributed by atoms with Crippen molar-refractivity contribution in [3.8, 4) is 0 Å². The largest absolute Gasteiger partial charge is 0.387 e. The summed E-state index contributed by atoms with van der Waals surface area (Å²) < 4.78 is 0. The topological polar surface area (TPSA) is 32.3 Å². The van der Waals surface area contributed by atoms with Crippen LogP contribution in [0.3, 0.4) is 0 Å².